The van der Waals surface area contributed by atoms with Gasteiger partial charge in [0, 0.05) is 43.5 Å². The third-order valence-corrected chi connectivity index (χ3v) is 6.23. The number of carbonyl (C=O) groups excluding carboxylic acids is 1. The quantitative estimate of drug-likeness (QED) is 0.379. The van der Waals surface area contributed by atoms with E-state index in [0.29, 0.717) is 32.1 Å². The summed E-state index contributed by atoms with van der Waals surface area (Å²) in [6.45, 7) is 4.81. The van der Waals surface area contributed by atoms with E-state index in [0.717, 1.165) is 34.7 Å². The number of ether oxygens (including phenoxy) is 1. The predicted octanol–water partition coefficient (Wildman–Crippen LogP) is 5.46. The van der Waals surface area contributed by atoms with Gasteiger partial charge in [0.05, 0.1) is 5.69 Å². The van der Waals surface area contributed by atoms with Crippen molar-refractivity contribution >= 4 is 11.9 Å². The van der Waals surface area contributed by atoms with Crippen LogP contribution in [-0.4, -0.2) is 47.0 Å². The molecule has 6 heteroatoms. The molecule has 1 aliphatic heterocycles. The Bertz CT molecular complexity index is 1270. The summed E-state index contributed by atoms with van der Waals surface area (Å²) in [7, 11) is 0. The van der Waals surface area contributed by atoms with Gasteiger partial charge >= 0.3 is 0 Å². The van der Waals surface area contributed by atoms with Crippen molar-refractivity contribution in [1.29, 1.82) is 0 Å². The highest BCUT2D eigenvalue weighted by Gasteiger charge is 2.23. The van der Waals surface area contributed by atoms with Gasteiger partial charge in [0.1, 0.15) is 11.5 Å². The fourth-order valence-electron chi connectivity index (χ4n) is 4.16. The number of para-hydroxylation sites is 1. The third kappa shape index (κ3) is 5.32. The summed E-state index contributed by atoms with van der Waals surface area (Å²) in [4.78, 5) is 26.2. The van der Waals surface area contributed by atoms with Crippen LogP contribution in [0.1, 0.15) is 22.8 Å². The van der Waals surface area contributed by atoms with E-state index in [9.17, 15) is 4.79 Å². The van der Waals surface area contributed by atoms with Crippen molar-refractivity contribution in [3.63, 3.8) is 0 Å². The SMILES string of the molecule is CCc1ccc(C(=O)N2CCN(c3nccc(-c4ccc(Oc5ccccc5)cc4)n3)CC2)cc1. The maximum Gasteiger partial charge on any atom is 0.253 e. The Labute approximate surface area is 205 Å². The molecule has 35 heavy (non-hydrogen) atoms. The Balaban J connectivity index is 1.22. The minimum Gasteiger partial charge on any atom is -0.457 e. The van der Waals surface area contributed by atoms with Crippen LogP contribution in [-0.2, 0) is 6.42 Å². The molecule has 6 nitrogen and oxygen atoms in total. The number of piperazine rings is 1. The van der Waals surface area contributed by atoms with Crippen molar-refractivity contribution in [3.8, 4) is 22.8 Å². The summed E-state index contributed by atoms with van der Waals surface area (Å²) in [5.74, 6) is 2.35. The topological polar surface area (TPSA) is 58.6 Å². The largest absolute Gasteiger partial charge is 0.457 e. The number of aromatic nitrogens is 2. The standard InChI is InChI=1S/C29H28N4O2/c1-2-22-8-10-24(11-9-22)28(34)32-18-20-33(21-19-32)29-30-17-16-27(31-29)23-12-14-26(15-13-23)35-25-6-4-3-5-7-25/h3-17H,2,18-21H2,1H3. The highest BCUT2D eigenvalue weighted by molar-refractivity contribution is 5.94. The average molecular weight is 465 g/mol. The molecule has 5 rings (SSSR count). The zero-order valence-electron chi connectivity index (χ0n) is 19.8. The maximum atomic E-state index is 12.9. The van der Waals surface area contributed by atoms with Crippen molar-refractivity contribution in [1.82, 2.24) is 14.9 Å². The number of rotatable bonds is 6. The molecule has 3 aromatic carbocycles. The summed E-state index contributed by atoms with van der Waals surface area (Å²) in [6.07, 6.45) is 2.76. The number of aryl methyl sites for hydroxylation is 1. The van der Waals surface area contributed by atoms with E-state index in [2.05, 4.69) is 16.8 Å². The minimum atomic E-state index is 0.0831. The molecule has 2 heterocycles. The summed E-state index contributed by atoms with van der Waals surface area (Å²) < 4.78 is 5.89. The fraction of sp³-hybridized carbons (Fsp3) is 0.207. The normalized spacial score (nSPS) is 13.5. The van der Waals surface area contributed by atoms with Crippen LogP contribution in [0.25, 0.3) is 11.3 Å². The molecule has 1 saturated heterocycles. The Hall–Kier alpha value is -4.19. The molecule has 0 saturated carbocycles. The van der Waals surface area contributed by atoms with Gasteiger partial charge in [-0.15, -0.1) is 0 Å². The van der Waals surface area contributed by atoms with Crippen LogP contribution in [0.3, 0.4) is 0 Å². The van der Waals surface area contributed by atoms with Crippen molar-refractivity contribution in [2.45, 2.75) is 13.3 Å². The molecular weight excluding hydrogens is 436 g/mol. The Kier molecular flexibility index (Phi) is 6.70. The Morgan fingerprint density at radius 3 is 2.20 bits per heavy atom. The fourth-order valence-corrected chi connectivity index (χ4v) is 4.16. The average Bonchev–Trinajstić information content (AvgIpc) is 2.94. The third-order valence-electron chi connectivity index (χ3n) is 6.23. The van der Waals surface area contributed by atoms with Crippen molar-refractivity contribution in [2.75, 3.05) is 31.1 Å². The van der Waals surface area contributed by atoms with Crippen molar-refractivity contribution in [3.05, 3.63) is 102 Å². The second kappa shape index (κ2) is 10.4. The van der Waals surface area contributed by atoms with Gasteiger partial charge in [-0.2, -0.15) is 0 Å². The summed E-state index contributed by atoms with van der Waals surface area (Å²) in [6, 6.07) is 27.5. The monoisotopic (exact) mass is 464 g/mol. The Morgan fingerprint density at radius 1 is 0.829 bits per heavy atom. The zero-order valence-corrected chi connectivity index (χ0v) is 19.8. The number of amides is 1. The second-order valence-electron chi connectivity index (χ2n) is 8.51. The van der Waals surface area contributed by atoms with Gasteiger partial charge in [-0.25, -0.2) is 9.97 Å². The lowest BCUT2D eigenvalue weighted by Gasteiger charge is -2.34. The number of hydrogen-bond acceptors (Lipinski definition) is 5. The van der Waals surface area contributed by atoms with E-state index in [1.165, 1.54) is 5.56 Å². The van der Waals surface area contributed by atoms with Gasteiger partial charge in [0.25, 0.3) is 5.91 Å². The molecule has 0 radical (unpaired) electrons. The van der Waals surface area contributed by atoms with E-state index in [1.807, 2.05) is 89.8 Å². The van der Waals surface area contributed by atoms with Gasteiger partial charge in [-0.05, 0) is 66.6 Å². The first-order valence-electron chi connectivity index (χ1n) is 12.0. The molecule has 0 bridgehead atoms. The molecule has 176 valence electrons. The lowest BCUT2D eigenvalue weighted by molar-refractivity contribution is 0.0746. The lowest BCUT2D eigenvalue weighted by atomic mass is 10.1. The van der Waals surface area contributed by atoms with Gasteiger partial charge in [0.2, 0.25) is 5.95 Å². The molecule has 0 spiro atoms. The van der Waals surface area contributed by atoms with Crippen molar-refractivity contribution < 1.29 is 9.53 Å². The van der Waals surface area contributed by atoms with Crippen LogP contribution >= 0.6 is 0 Å². The minimum absolute atomic E-state index is 0.0831. The number of nitrogens with zero attached hydrogens (tertiary/aromatic N) is 4. The number of benzene rings is 3. The maximum absolute atomic E-state index is 12.9. The number of hydrogen-bond donors (Lipinski definition) is 0. The van der Waals surface area contributed by atoms with Gasteiger partial charge in [-0.3, -0.25) is 4.79 Å². The zero-order chi connectivity index (χ0) is 24.0. The molecule has 1 aromatic heterocycles. The highest BCUT2D eigenvalue weighted by atomic mass is 16.5. The molecule has 0 aliphatic carbocycles. The van der Waals surface area contributed by atoms with Gasteiger partial charge in [0.15, 0.2) is 0 Å². The van der Waals surface area contributed by atoms with E-state index < -0.39 is 0 Å². The van der Waals surface area contributed by atoms with E-state index in [-0.39, 0.29) is 5.91 Å². The first-order valence-corrected chi connectivity index (χ1v) is 12.0. The number of carbonyl (C=O) groups is 1. The van der Waals surface area contributed by atoms with Crippen molar-refractivity contribution in [2.24, 2.45) is 0 Å². The van der Waals surface area contributed by atoms with E-state index in [4.69, 9.17) is 9.72 Å². The molecular formula is C29H28N4O2. The molecule has 1 amide bonds. The van der Waals surface area contributed by atoms with Gasteiger partial charge in [-0.1, -0.05) is 37.3 Å². The highest BCUT2D eigenvalue weighted by Crippen LogP contribution is 2.26. The van der Waals surface area contributed by atoms with Crippen LogP contribution in [0.4, 0.5) is 5.95 Å². The van der Waals surface area contributed by atoms with E-state index >= 15 is 0 Å². The van der Waals surface area contributed by atoms with Crippen LogP contribution in [0.2, 0.25) is 0 Å². The first kappa shape index (κ1) is 22.6. The Morgan fingerprint density at radius 2 is 1.51 bits per heavy atom. The van der Waals surface area contributed by atoms with E-state index in [1.54, 1.807) is 6.20 Å². The summed E-state index contributed by atoms with van der Waals surface area (Å²) >= 11 is 0. The first-order chi connectivity index (χ1) is 17.2. The summed E-state index contributed by atoms with van der Waals surface area (Å²) in [5, 5.41) is 0. The molecule has 0 unspecified atom stereocenters. The van der Waals surface area contributed by atoms with Crippen LogP contribution in [0.15, 0.2) is 91.1 Å². The van der Waals surface area contributed by atoms with Gasteiger partial charge < -0.3 is 14.5 Å². The molecule has 1 aliphatic rings. The van der Waals surface area contributed by atoms with Crippen LogP contribution < -0.4 is 9.64 Å². The molecule has 4 aromatic rings. The molecule has 0 atom stereocenters. The van der Waals surface area contributed by atoms with Crippen LogP contribution in [0.5, 0.6) is 11.5 Å². The molecule has 1 fully saturated rings. The number of anilines is 1. The summed E-state index contributed by atoms with van der Waals surface area (Å²) in [5.41, 5.74) is 3.84. The lowest BCUT2D eigenvalue weighted by Crippen LogP contribution is -2.49. The second-order valence-corrected chi connectivity index (χ2v) is 8.51. The smallest absolute Gasteiger partial charge is 0.253 e. The molecule has 0 N–H and O–H groups in total. The van der Waals surface area contributed by atoms with Crippen LogP contribution in [0, 0.1) is 0 Å². The predicted molar refractivity (Wildman–Crippen MR) is 138 cm³/mol.